The number of aromatic carboxylic acids is 1. The first-order chi connectivity index (χ1) is 10.5. The lowest BCUT2D eigenvalue weighted by Gasteiger charge is -2.26. The molecule has 1 saturated carbocycles. The molecule has 1 aliphatic rings. The zero-order valence-corrected chi connectivity index (χ0v) is 11.6. The molecular formula is C16H13F2NO3. The number of nitrogens with zero attached hydrogens (tertiary/aromatic N) is 1. The fourth-order valence-electron chi connectivity index (χ4n) is 2.18. The predicted molar refractivity (Wildman–Crippen MR) is 74.8 cm³/mol. The summed E-state index contributed by atoms with van der Waals surface area (Å²) >= 11 is 0. The van der Waals surface area contributed by atoms with Crippen LogP contribution in [0, 0.1) is 11.6 Å². The molecule has 0 spiro atoms. The second-order valence-corrected chi connectivity index (χ2v) is 5.18. The minimum Gasteiger partial charge on any atom is -0.478 e. The predicted octanol–water partition coefficient (Wildman–Crippen LogP) is 3.66. The van der Waals surface area contributed by atoms with Gasteiger partial charge in [-0.2, -0.15) is 0 Å². The van der Waals surface area contributed by atoms with Gasteiger partial charge in [0.1, 0.15) is 6.10 Å². The van der Waals surface area contributed by atoms with E-state index in [-0.39, 0.29) is 17.5 Å². The molecule has 2 aromatic rings. The van der Waals surface area contributed by atoms with Crippen molar-refractivity contribution in [3.05, 3.63) is 47.7 Å². The maximum Gasteiger partial charge on any atom is 0.337 e. The number of carboxylic acids is 1. The Bertz CT molecular complexity index is 729. The molecule has 1 aromatic heterocycles. The van der Waals surface area contributed by atoms with E-state index in [4.69, 9.17) is 9.84 Å². The number of carbonyl (C=O) groups is 1. The Kier molecular flexibility index (Phi) is 3.75. The molecule has 0 unspecified atom stereocenters. The molecule has 0 atom stereocenters. The summed E-state index contributed by atoms with van der Waals surface area (Å²) in [5, 5.41) is 9.07. The molecule has 0 amide bonds. The van der Waals surface area contributed by atoms with Crippen LogP contribution in [0.5, 0.6) is 5.88 Å². The molecule has 4 nitrogen and oxygen atoms in total. The zero-order chi connectivity index (χ0) is 15.7. The Balaban J connectivity index is 2.05. The summed E-state index contributed by atoms with van der Waals surface area (Å²) < 4.78 is 32.2. The highest BCUT2D eigenvalue weighted by atomic mass is 19.2. The van der Waals surface area contributed by atoms with Crippen LogP contribution in [0.15, 0.2) is 30.5 Å². The minimum absolute atomic E-state index is 0.0345. The molecule has 1 aromatic carbocycles. The van der Waals surface area contributed by atoms with E-state index in [0.717, 1.165) is 31.4 Å². The number of carboxylic acid groups (broad SMARTS) is 1. The Morgan fingerprint density at radius 1 is 1.23 bits per heavy atom. The molecule has 114 valence electrons. The molecule has 1 fully saturated rings. The molecular weight excluding hydrogens is 292 g/mol. The largest absolute Gasteiger partial charge is 0.478 e. The standard InChI is InChI=1S/C16H13F2NO3/c17-13-5-4-9(7-14(13)18)12-6-10(16(20)21)8-19-15(12)22-11-2-1-3-11/h4-8,11H,1-3H2,(H,20,21). The summed E-state index contributed by atoms with van der Waals surface area (Å²) in [6.07, 6.45) is 4.10. The number of benzene rings is 1. The van der Waals surface area contributed by atoms with Crippen molar-refractivity contribution in [2.45, 2.75) is 25.4 Å². The lowest BCUT2D eigenvalue weighted by Crippen LogP contribution is -2.25. The average Bonchev–Trinajstić information content (AvgIpc) is 2.45. The quantitative estimate of drug-likeness (QED) is 0.936. The molecule has 0 saturated heterocycles. The fourth-order valence-corrected chi connectivity index (χ4v) is 2.18. The minimum atomic E-state index is -1.15. The van der Waals surface area contributed by atoms with Gasteiger partial charge in [-0.05, 0) is 43.0 Å². The van der Waals surface area contributed by atoms with Crippen molar-refractivity contribution < 1.29 is 23.4 Å². The molecule has 1 aliphatic carbocycles. The Hall–Kier alpha value is -2.50. The van der Waals surface area contributed by atoms with Crippen LogP contribution in [0.1, 0.15) is 29.6 Å². The third-order valence-electron chi connectivity index (χ3n) is 3.66. The van der Waals surface area contributed by atoms with E-state index in [1.807, 2.05) is 0 Å². The molecule has 0 bridgehead atoms. The first-order valence-electron chi connectivity index (χ1n) is 6.90. The van der Waals surface area contributed by atoms with E-state index in [9.17, 15) is 13.6 Å². The summed E-state index contributed by atoms with van der Waals surface area (Å²) in [5.41, 5.74) is 0.621. The van der Waals surface area contributed by atoms with Gasteiger partial charge in [-0.25, -0.2) is 18.6 Å². The highest BCUT2D eigenvalue weighted by molar-refractivity contribution is 5.89. The molecule has 1 heterocycles. The highest BCUT2D eigenvalue weighted by Gasteiger charge is 2.22. The first kappa shape index (κ1) is 14.4. The third kappa shape index (κ3) is 2.77. The van der Waals surface area contributed by atoms with Crippen molar-refractivity contribution in [1.29, 1.82) is 0 Å². The molecule has 0 aliphatic heterocycles. The molecule has 3 rings (SSSR count). The van der Waals surface area contributed by atoms with Crippen LogP contribution < -0.4 is 4.74 Å². The fraction of sp³-hybridized carbons (Fsp3) is 0.250. The van der Waals surface area contributed by atoms with Gasteiger partial charge >= 0.3 is 5.97 Å². The molecule has 1 N–H and O–H groups in total. The Morgan fingerprint density at radius 2 is 2.00 bits per heavy atom. The summed E-state index contributed by atoms with van der Waals surface area (Å²) in [6, 6.07) is 4.72. The topological polar surface area (TPSA) is 59.4 Å². The zero-order valence-electron chi connectivity index (χ0n) is 11.6. The van der Waals surface area contributed by atoms with Crippen LogP contribution in [0.4, 0.5) is 8.78 Å². The summed E-state index contributed by atoms with van der Waals surface area (Å²) in [4.78, 5) is 15.1. The average molecular weight is 305 g/mol. The van der Waals surface area contributed by atoms with Crippen molar-refractivity contribution >= 4 is 5.97 Å². The molecule has 6 heteroatoms. The van der Waals surface area contributed by atoms with Crippen LogP contribution in [0.2, 0.25) is 0 Å². The number of ether oxygens (including phenoxy) is 1. The number of halogens is 2. The van der Waals surface area contributed by atoms with Gasteiger partial charge in [0, 0.05) is 11.8 Å². The Labute approximate surface area is 125 Å². The van der Waals surface area contributed by atoms with E-state index >= 15 is 0 Å². The Morgan fingerprint density at radius 3 is 2.59 bits per heavy atom. The van der Waals surface area contributed by atoms with E-state index < -0.39 is 17.6 Å². The van der Waals surface area contributed by atoms with Gasteiger partial charge in [0.05, 0.1) is 5.56 Å². The van der Waals surface area contributed by atoms with Gasteiger partial charge in [0.25, 0.3) is 0 Å². The summed E-state index contributed by atoms with van der Waals surface area (Å²) in [6.45, 7) is 0. The van der Waals surface area contributed by atoms with Gasteiger partial charge in [-0.3, -0.25) is 0 Å². The van der Waals surface area contributed by atoms with E-state index in [1.54, 1.807) is 0 Å². The van der Waals surface area contributed by atoms with Crippen molar-refractivity contribution in [3.8, 4) is 17.0 Å². The van der Waals surface area contributed by atoms with Gasteiger partial charge in [0.15, 0.2) is 11.6 Å². The number of aromatic nitrogens is 1. The monoisotopic (exact) mass is 305 g/mol. The van der Waals surface area contributed by atoms with Gasteiger partial charge in [0.2, 0.25) is 5.88 Å². The van der Waals surface area contributed by atoms with Crippen LogP contribution in [-0.2, 0) is 0 Å². The molecule has 0 radical (unpaired) electrons. The lowest BCUT2D eigenvalue weighted by molar-refractivity contribution is 0.0696. The van der Waals surface area contributed by atoms with Crippen LogP contribution in [0.3, 0.4) is 0 Å². The maximum absolute atomic E-state index is 13.4. The van der Waals surface area contributed by atoms with E-state index in [0.29, 0.717) is 11.1 Å². The van der Waals surface area contributed by atoms with Crippen molar-refractivity contribution in [2.24, 2.45) is 0 Å². The van der Waals surface area contributed by atoms with Crippen LogP contribution >= 0.6 is 0 Å². The SMILES string of the molecule is O=C(O)c1cnc(OC2CCC2)c(-c2ccc(F)c(F)c2)c1. The maximum atomic E-state index is 13.4. The number of rotatable bonds is 4. The normalized spacial score (nSPS) is 14.5. The summed E-state index contributed by atoms with van der Waals surface area (Å²) in [7, 11) is 0. The van der Waals surface area contributed by atoms with Crippen LogP contribution in [0.25, 0.3) is 11.1 Å². The van der Waals surface area contributed by atoms with E-state index in [2.05, 4.69) is 4.98 Å². The van der Waals surface area contributed by atoms with Crippen LogP contribution in [-0.4, -0.2) is 22.2 Å². The highest BCUT2D eigenvalue weighted by Crippen LogP contribution is 2.33. The van der Waals surface area contributed by atoms with Gasteiger partial charge < -0.3 is 9.84 Å². The number of pyridine rings is 1. The van der Waals surface area contributed by atoms with Gasteiger partial charge in [-0.1, -0.05) is 6.07 Å². The second kappa shape index (κ2) is 5.71. The number of hydrogen-bond donors (Lipinski definition) is 1. The smallest absolute Gasteiger partial charge is 0.337 e. The van der Waals surface area contributed by atoms with Crippen molar-refractivity contribution in [3.63, 3.8) is 0 Å². The van der Waals surface area contributed by atoms with E-state index in [1.165, 1.54) is 18.3 Å². The van der Waals surface area contributed by atoms with Gasteiger partial charge in [-0.15, -0.1) is 0 Å². The molecule has 22 heavy (non-hydrogen) atoms. The first-order valence-corrected chi connectivity index (χ1v) is 6.90. The third-order valence-corrected chi connectivity index (χ3v) is 3.66. The lowest BCUT2D eigenvalue weighted by atomic mass is 9.96. The van der Waals surface area contributed by atoms with Crippen molar-refractivity contribution in [2.75, 3.05) is 0 Å². The summed E-state index contributed by atoms with van der Waals surface area (Å²) in [5.74, 6) is -2.88. The van der Waals surface area contributed by atoms with Crippen molar-refractivity contribution in [1.82, 2.24) is 4.98 Å². The number of hydrogen-bond acceptors (Lipinski definition) is 3. The second-order valence-electron chi connectivity index (χ2n) is 5.18.